The van der Waals surface area contributed by atoms with Crippen molar-refractivity contribution in [1.29, 1.82) is 5.26 Å². The summed E-state index contributed by atoms with van der Waals surface area (Å²) in [4.78, 5) is 0. The predicted molar refractivity (Wildman–Crippen MR) is 66.6 cm³/mol. The number of nitrogens with zero attached hydrogens (tertiary/aromatic N) is 1. The number of hydrogen-bond donors (Lipinski definition) is 0. The fourth-order valence-corrected chi connectivity index (χ4v) is 2.10. The molecule has 0 aromatic heterocycles. The van der Waals surface area contributed by atoms with E-state index < -0.39 is 0 Å². The number of rotatable bonds is 1. The SMILES string of the molecule is N#Cc1ccc(-c2c(Cl)cccc2Cl)cc1. The van der Waals surface area contributed by atoms with Gasteiger partial charge in [0.2, 0.25) is 0 Å². The lowest BCUT2D eigenvalue weighted by Gasteiger charge is -2.06. The molecular formula is C13H7Cl2N. The first-order chi connectivity index (χ1) is 7.72. The van der Waals surface area contributed by atoms with Crippen LogP contribution in [0.5, 0.6) is 0 Å². The third-order valence-corrected chi connectivity index (χ3v) is 2.90. The van der Waals surface area contributed by atoms with Crippen LogP contribution in [0.3, 0.4) is 0 Å². The van der Waals surface area contributed by atoms with E-state index in [1.54, 1.807) is 30.3 Å². The van der Waals surface area contributed by atoms with Gasteiger partial charge in [-0.2, -0.15) is 5.26 Å². The van der Waals surface area contributed by atoms with Gasteiger partial charge in [-0.1, -0.05) is 41.4 Å². The van der Waals surface area contributed by atoms with Gasteiger partial charge in [-0.15, -0.1) is 0 Å². The Morgan fingerprint density at radius 3 is 1.94 bits per heavy atom. The fourth-order valence-electron chi connectivity index (χ4n) is 1.49. The van der Waals surface area contributed by atoms with E-state index in [4.69, 9.17) is 28.5 Å². The zero-order valence-corrected chi connectivity index (χ0v) is 9.76. The second-order valence-corrected chi connectivity index (χ2v) is 4.10. The Kier molecular flexibility index (Phi) is 3.14. The lowest BCUT2D eigenvalue weighted by atomic mass is 10.0. The summed E-state index contributed by atoms with van der Waals surface area (Å²) >= 11 is 12.2. The van der Waals surface area contributed by atoms with Crippen LogP contribution in [0, 0.1) is 11.3 Å². The van der Waals surface area contributed by atoms with Gasteiger partial charge in [0.1, 0.15) is 0 Å². The van der Waals surface area contributed by atoms with Crippen molar-refractivity contribution in [1.82, 2.24) is 0 Å². The van der Waals surface area contributed by atoms with Gasteiger partial charge in [0, 0.05) is 15.6 Å². The van der Waals surface area contributed by atoms with Crippen molar-refractivity contribution in [2.45, 2.75) is 0 Å². The van der Waals surface area contributed by atoms with Gasteiger partial charge < -0.3 is 0 Å². The molecule has 78 valence electrons. The molecule has 0 aliphatic rings. The molecule has 0 radical (unpaired) electrons. The van der Waals surface area contributed by atoms with E-state index in [0.29, 0.717) is 15.6 Å². The van der Waals surface area contributed by atoms with Gasteiger partial charge in [-0.05, 0) is 29.8 Å². The minimum atomic E-state index is 0.609. The summed E-state index contributed by atoms with van der Waals surface area (Å²) in [7, 11) is 0. The lowest BCUT2D eigenvalue weighted by Crippen LogP contribution is -1.82. The molecule has 2 aromatic rings. The molecule has 0 saturated carbocycles. The monoisotopic (exact) mass is 247 g/mol. The zero-order chi connectivity index (χ0) is 11.5. The molecule has 0 unspecified atom stereocenters. The van der Waals surface area contributed by atoms with E-state index in [2.05, 4.69) is 6.07 Å². The van der Waals surface area contributed by atoms with Crippen LogP contribution in [0.25, 0.3) is 11.1 Å². The van der Waals surface area contributed by atoms with Crippen LogP contribution in [-0.2, 0) is 0 Å². The van der Waals surface area contributed by atoms with Crippen LogP contribution in [0.2, 0.25) is 10.0 Å². The van der Waals surface area contributed by atoms with Gasteiger partial charge in [0.25, 0.3) is 0 Å². The minimum Gasteiger partial charge on any atom is -0.192 e. The summed E-state index contributed by atoms with van der Waals surface area (Å²) in [6, 6.07) is 14.6. The van der Waals surface area contributed by atoms with Crippen LogP contribution in [0.1, 0.15) is 5.56 Å². The molecule has 0 saturated heterocycles. The van der Waals surface area contributed by atoms with Gasteiger partial charge in [-0.25, -0.2) is 0 Å². The Morgan fingerprint density at radius 1 is 0.875 bits per heavy atom. The van der Waals surface area contributed by atoms with E-state index in [-0.39, 0.29) is 0 Å². The Balaban J connectivity index is 2.55. The molecule has 1 nitrogen and oxygen atoms in total. The van der Waals surface area contributed by atoms with Gasteiger partial charge >= 0.3 is 0 Å². The molecule has 0 amide bonds. The average Bonchev–Trinajstić information content (AvgIpc) is 2.30. The summed E-state index contributed by atoms with van der Waals surface area (Å²) in [6.45, 7) is 0. The molecule has 0 fully saturated rings. The molecule has 0 atom stereocenters. The minimum absolute atomic E-state index is 0.609. The number of halogens is 2. The first-order valence-electron chi connectivity index (χ1n) is 4.67. The average molecular weight is 248 g/mol. The highest BCUT2D eigenvalue weighted by Crippen LogP contribution is 2.34. The van der Waals surface area contributed by atoms with E-state index in [1.807, 2.05) is 12.1 Å². The van der Waals surface area contributed by atoms with Crippen molar-refractivity contribution >= 4 is 23.2 Å². The normalized spacial score (nSPS) is 9.81. The second-order valence-electron chi connectivity index (χ2n) is 3.29. The second kappa shape index (κ2) is 4.57. The van der Waals surface area contributed by atoms with Crippen LogP contribution in [0.15, 0.2) is 42.5 Å². The number of benzene rings is 2. The van der Waals surface area contributed by atoms with Gasteiger partial charge in [0.05, 0.1) is 11.6 Å². The Bertz CT molecular complexity index is 533. The Hall–Kier alpha value is -1.49. The molecule has 2 rings (SSSR count). The quantitative estimate of drug-likeness (QED) is 0.727. The molecule has 2 aromatic carbocycles. The maximum Gasteiger partial charge on any atom is 0.0991 e. The molecule has 0 bridgehead atoms. The molecule has 16 heavy (non-hydrogen) atoms. The maximum absolute atomic E-state index is 8.71. The van der Waals surface area contributed by atoms with Gasteiger partial charge in [0.15, 0.2) is 0 Å². The molecular weight excluding hydrogens is 241 g/mol. The highest BCUT2D eigenvalue weighted by atomic mass is 35.5. The smallest absolute Gasteiger partial charge is 0.0991 e. The first kappa shape index (κ1) is 11.0. The lowest BCUT2D eigenvalue weighted by molar-refractivity contribution is 1.48. The van der Waals surface area contributed by atoms with Crippen molar-refractivity contribution in [2.75, 3.05) is 0 Å². The fraction of sp³-hybridized carbons (Fsp3) is 0. The number of hydrogen-bond acceptors (Lipinski definition) is 1. The third-order valence-electron chi connectivity index (χ3n) is 2.27. The third kappa shape index (κ3) is 2.04. The van der Waals surface area contributed by atoms with E-state index >= 15 is 0 Å². The van der Waals surface area contributed by atoms with Crippen LogP contribution in [0.4, 0.5) is 0 Å². The Labute approximate surface area is 104 Å². The summed E-state index contributed by atoms with van der Waals surface area (Å²) in [6.07, 6.45) is 0. The molecule has 0 aliphatic carbocycles. The first-order valence-corrected chi connectivity index (χ1v) is 5.42. The van der Waals surface area contributed by atoms with Gasteiger partial charge in [-0.3, -0.25) is 0 Å². The largest absolute Gasteiger partial charge is 0.192 e. The molecule has 3 heteroatoms. The van der Waals surface area contributed by atoms with Crippen LogP contribution >= 0.6 is 23.2 Å². The molecule has 0 aliphatic heterocycles. The summed E-state index contributed by atoms with van der Waals surface area (Å²) in [5.74, 6) is 0. The molecule has 0 N–H and O–H groups in total. The predicted octanol–water partition coefficient (Wildman–Crippen LogP) is 4.53. The summed E-state index contributed by atoms with van der Waals surface area (Å²) in [5, 5.41) is 9.92. The molecule has 0 heterocycles. The number of nitriles is 1. The topological polar surface area (TPSA) is 23.8 Å². The molecule has 0 spiro atoms. The zero-order valence-electron chi connectivity index (χ0n) is 8.24. The van der Waals surface area contributed by atoms with Crippen LogP contribution in [-0.4, -0.2) is 0 Å². The standard InChI is InChI=1S/C13H7Cl2N/c14-11-2-1-3-12(15)13(11)10-6-4-9(8-16)5-7-10/h1-7H. The van der Waals surface area contributed by atoms with Crippen molar-refractivity contribution < 1.29 is 0 Å². The van der Waals surface area contributed by atoms with Crippen molar-refractivity contribution in [2.24, 2.45) is 0 Å². The Morgan fingerprint density at radius 2 is 1.44 bits per heavy atom. The maximum atomic E-state index is 8.71. The van der Waals surface area contributed by atoms with Crippen molar-refractivity contribution in [3.8, 4) is 17.2 Å². The van der Waals surface area contributed by atoms with E-state index in [0.717, 1.165) is 11.1 Å². The van der Waals surface area contributed by atoms with Crippen LogP contribution < -0.4 is 0 Å². The summed E-state index contributed by atoms with van der Waals surface area (Å²) < 4.78 is 0. The van der Waals surface area contributed by atoms with E-state index in [9.17, 15) is 0 Å². The van der Waals surface area contributed by atoms with E-state index in [1.165, 1.54) is 0 Å². The van der Waals surface area contributed by atoms with Crippen molar-refractivity contribution in [3.63, 3.8) is 0 Å². The highest BCUT2D eigenvalue weighted by molar-refractivity contribution is 6.39. The van der Waals surface area contributed by atoms with Crippen molar-refractivity contribution in [3.05, 3.63) is 58.1 Å². The highest BCUT2D eigenvalue weighted by Gasteiger charge is 2.07. The summed E-state index contributed by atoms with van der Waals surface area (Å²) in [5.41, 5.74) is 2.33.